The lowest BCUT2D eigenvalue weighted by molar-refractivity contribution is 0.251. The summed E-state index contributed by atoms with van der Waals surface area (Å²) in [6.45, 7) is 3.43. The third kappa shape index (κ3) is 6.16. The van der Waals surface area contributed by atoms with E-state index in [2.05, 4.69) is 15.6 Å². The number of aliphatic hydroxyl groups is 1. The number of rotatable bonds is 8. The van der Waals surface area contributed by atoms with Crippen LogP contribution in [0.15, 0.2) is 58.1 Å². The van der Waals surface area contributed by atoms with Crippen LogP contribution in [0.5, 0.6) is 0 Å². The quantitative estimate of drug-likeness (QED) is 0.516. The van der Waals surface area contributed by atoms with Gasteiger partial charge in [-0.2, -0.15) is 0 Å². The molecule has 5 nitrogen and oxygen atoms in total. The van der Waals surface area contributed by atoms with Crippen LogP contribution in [0.3, 0.4) is 0 Å². The van der Waals surface area contributed by atoms with Crippen molar-refractivity contribution in [2.24, 2.45) is 4.99 Å². The fourth-order valence-electron chi connectivity index (χ4n) is 2.14. The van der Waals surface area contributed by atoms with Crippen molar-refractivity contribution in [3.8, 4) is 0 Å². The predicted octanol–water partition coefficient (Wildman–Crippen LogP) is 2.33. The zero-order chi connectivity index (χ0) is 16.3. The molecule has 1 atom stereocenters. The molecule has 1 aromatic heterocycles. The maximum Gasteiger partial charge on any atom is 0.191 e. The van der Waals surface area contributed by atoms with Crippen molar-refractivity contribution < 1.29 is 9.52 Å². The van der Waals surface area contributed by atoms with Gasteiger partial charge in [0.15, 0.2) is 5.96 Å². The Morgan fingerprint density at radius 2 is 2.04 bits per heavy atom. The van der Waals surface area contributed by atoms with Crippen LogP contribution < -0.4 is 10.6 Å². The summed E-state index contributed by atoms with van der Waals surface area (Å²) in [6.07, 6.45) is 3.30. The normalized spacial score (nSPS) is 12.9. The summed E-state index contributed by atoms with van der Waals surface area (Å²) in [5, 5.41) is 15.9. The van der Waals surface area contributed by atoms with Crippen LogP contribution in [-0.4, -0.2) is 30.3 Å². The first-order valence-corrected chi connectivity index (χ1v) is 8.03. The highest BCUT2D eigenvalue weighted by Crippen LogP contribution is 2.01. The molecule has 3 N–H and O–H groups in total. The number of nitrogens with zero attached hydrogens (tertiary/aromatic N) is 1. The fourth-order valence-corrected chi connectivity index (χ4v) is 2.14. The standard InChI is InChI=1S/C18H25N3O2/c1-2-16(14-22)21-18(19-11-10-17-9-6-12-23-17)20-13-15-7-4-3-5-8-15/h3-9,12,16,22H,2,10-11,13-14H2,1H3,(H2,19,20,21)/t16-/m1/s1. The molecular formula is C18H25N3O2. The molecule has 0 fully saturated rings. The monoisotopic (exact) mass is 315 g/mol. The Hall–Kier alpha value is -2.27. The summed E-state index contributed by atoms with van der Waals surface area (Å²) in [6, 6.07) is 13.9. The van der Waals surface area contributed by atoms with E-state index in [1.807, 2.05) is 49.4 Å². The molecule has 0 aliphatic heterocycles. The van der Waals surface area contributed by atoms with E-state index < -0.39 is 0 Å². The SMILES string of the molecule is CC[C@H](CO)NC(=NCc1ccccc1)NCCc1ccco1. The van der Waals surface area contributed by atoms with Gasteiger partial charge in [0.2, 0.25) is 0 Å². The topological polar surface area (TPSA) is 69.8 Å². The van der Waals surface area contributed by atoms with Crippen LogP contribution in [0.4, 0.5) is 0 Å². The van der Waals surface area contributed by atoms with Crippen molar-refractivity contribution in [2.45, 2.75) is 32.4 Å². The molecule has 1 heterocycles. The minimum Gasteiger partial charge on any atom is -0.469 e. The van der Waals surface area contributed by atoms with Gasteiger partial charge in [-0.1, -0.05) is 37.3 Å². The molecule has 2 rings (SSSR count). The number of benzene rings is 1. The fraction of sp³-hybridized carbons (Fsp3) is 0.389. The lowest BCUT2D eigenvalue weighted by Crippen LogP contribution is -2.45. The number of guanidine groups is 1. The Labute approximate surface area is 137 Å². The number of hydrogen-bond acceptors (Lipinski definition) is 3. The van der Waals surface area contributed by atoms with E-state index in [9.17, 15) is 5.11 Å². The molecule has 1 aromatic carbocycles. The molecular weight excluding hydrogens is 290 g/mol. The molecule has 2 aromatic rings. The molecule has 0 bridgehead atoms. The molecule has 0 saturated heterocycles. The third-order valence-corrected chi connectivity index (χ3v) is 3.56. The van der Waals surface area contributed by atoms with Crippen LogP contribution >= 0.6 is 0 Å². The van der Waals surface area contributed by atoms with Crippen molar-refractivity contribution in [1.29, 1.82) is 0 Å². The molecule has 0 radical (unpaired) electrons. The van der Waals surface area contributed by atoms with Gasteiger partial charge in [-0.15, -0.1) is 0 Å². The lowest BCUT2D eigenvalue weighted by Gasteiger charge is -2.18. The first-order chi connectivity index (χ1) is 11.3. The Balaban J connectivity index is 1.92. The Morgan fingerprint density at radius 1 is 1.22 bits per heavy atom. The van der Waals surface area contributed by atoms with Gasteiger partial charge in [-0.25, -0.2) is 4.99 Å². The smallest absolute Gasteiger partial charge is 0.191 e. The highest BCUT2D eigenvalue weighted by Gasteiger charge is 2.07. The lowest BCUT2D eigenvalue weighted by atomic mass is 10.2. The van der Waals surface area contributed by atoms with Crippen LogP contribution in [-0.2, 0) is 13.0 Å². The minimum absolute atomic E-state index is 0.000589. The first kappa shape index (κ1) is 17.1. The van der Waals surface area contributed by atoms with E-state index in [0.29, 0.717) is 12.5 Å². The first-order valence-electron chi connectivity index (χ1n) is 8.03. The third-order valence-electron chi connectivity index (χ3n) is 3.56. The Bertz CT molecular complexity index is 563. The van der Waals surface area contributed by atoms with Crippen molar-refractivity contribution in [2.75, 3.05) is 13.2 Å². The Kier molecular flexibility index (Phi) is 7.20. The van der Waals surface area contributed by atoms with Crippen LogP contribution in [0.2, 0.25) is 0 Å². The molecule has 0 amide bonds. The van der Waals surface area contributed by atoms with E-state index in [1.54, 1.807) is 6.26 Å². The van der Waals surface area contributed by atoms with E-state index in [0.717, 1.165) is 30.7 Å². The van der Waals surface area contributed by atoms with Gasteiger partial charge in [0.25, 0.3) is 0 Å². The van der Waals surface area contributed by atoms with E-state index in [1.165, 1.54) is 0 Å². The zero-order valence-electron chi connectivity index (χ0n) is 13.5. The van der Waals surface area contributed by atoms with Crippen molar-refractivity contribution in [3.05, 3.63) is 60.1 Å². The number of aliphatic imine (C=N–C) groups is 1. The van der Waals surface area contributed by atoms with Gasteiger partial charge in [-0.05, 0) is 24.1 Å². The number of hydrogen-bond donors (Lipinski definition) is 3. The second-order valence-corrected chi connectivity index (χ2v) is 5.34. The average molecular weight is 315 g/mol. The van der Waals surface area contributed by atoms with Crippen LogP contribution in [0.25, 0.3) is 0 Å². The minimum atomic E-state index is 0.000589. The van der Waals surface area contributed by atoms with E-state index >= 15 is 0 Å². The summed E-state index contributed by atoms with van der Waals surface area (Å²) < 4.78 is 5.33. The second-order valence-electron chi connectivity index (χ2n) is 5.34. The van der Waals surface area contributed by atoms with E-state index in [4.69, 9.17) is 4.42 Å². The second kappa shape index (κ2) is 9.69. The van der Waals surface area contributed by atoms with Crippen molar-refractivity contribution in [3.63, 3.8) is 0 Å². The zero-order valence-corrected chi connectivity index (χ0v) is 13.5. The Morgan fingerprint density at radius 3 is 2.70 bits per heavy atom. The largest absolute Gasteiger partial charge is 0.469 e. The summed E-state index contributed by atoms with van der Waals surface area (Å²) in [4.78, 5) is 4.60. The van der Waals surface area contributed by atoms with Gasteiger partial charge in [-0.3, -0.25) is 0 Å². The molecule has 5 heteroatoms. The summed E-state index contributed by atoms with van der Waals surface area (Å²) >= 11 is 0. The average Bonchev–Trinajstić information content (AvgIpc) is 3.11. The van der Waals surface area contributed by atoms with E-state index in [-0.39, 0.29) is 12.6 Å². The molecule has 124 valence electrons. The van der Waals surface area contributed by atoms with Crippen molar-refractivity contribution in [1.82, 2.24) is 10.6 Å². The van der Waals surface area contributed by atoms with Crippen LogP contribution in [0.1, 0.15) is 24.7 Å². The molecule has 23 heavy (non-hydrogen) atoms. The molecule has 0 saturated carbocycles. The molecule has 0 aliphatic rings. The maximum atomic E-state index is 9.38. The van der Waals surface area contributed by atoms with Gasteiger partial charge in [0, 0.05) is 13.0 Å². The van der Waals surface area contributed by atoms with Gasteiger partial charge < -0.3 is 20.2 Å². The molecule has 0 aliphatic carbocycles. The number of aliphatic hydroxyl groups excluding tert-OH is 1. The number of furan rings is 1. The van der Waals surface area contributed by atoms with Crippen molar-refractivity contribution >= 4 is 5.96 Å². The highest BCUT2D eigenvalue weighted by atomic mass is 16.3. The predicted molar refractivity (Wildman–Crippen MR) is 92.3 cm³/mol. The molecule has 0 spiro atoms. The van der Waals surface area contributed by atoms with Gasteiger partial charge in [0.05, 0.1) is 25.5 Å². The maximum absolute atomic E-state index is 9.38. The number of nitrogens with one attached hydrogen (secondary N) is 2. The van der Waals surface area contributed by atoms with Crippen LogP contribution in [0, 0.1) is 0 Å². The highest BCUT2D eigenvalue weighted by molar-refractivity contribution is 5.80. The van der Waals surface area contributed by atoms with Gasteiger partial charge in [0.1, 0.15) is 5.76 Å². The molecule has 0 unspecified atom stereocenters. The summed E-state index contributed by atoms with van der Waals surface area (Å²) in [5.41, 5.74) is 1.15. The summed E-state index contributed by atoms with van der Waals surface area (Å²) in [5.74, 6) is 1.65. The van der Waals surface area contributed by atoms with Gasteiger partial charge >= 0.3 is 0 Å². The summed E-state index contributed by atoms with van der Waals surface area (Å²) in [7, 11) is 0.